The zero-order valence-corrected chi connectivity index (χ0v) is 17.6. The van der Waals surface area contributed by atoms with Crippen molar-refractivity contribution in [3.05, 3.63) is 29.2 Å². The molecule has 4 aliphatic rings. The molecule has 0 spiro atoms. The molecule has 2 amide bonds. The molecule has 2 bridgehead atoms. The van der Waals surface area contributed by atoms with Crippen LogP contribution in [0.2, 0.25) is 0 Å². The number of rotatable bonds is 9. The predicted molar refractivity (Wildman–Crippen MR) is 108 cm³/mol. The van der Waals surface area contributed by atoms with Gasteiger partial charge in [0.25, 0.3) is 12.3 Å². The highest BCUT2D eigenvalue weighted by Gasteiger charge is 2.57. The van der Waals surface area contributed by atoms with Gasteiger partial charge in [0.2, 0.25) is 0 Å². The summed E-state index contributed by atoms with van der Waals surface area (Å²) < 4.78 is 40.3. The Hall–Kier alpha value is -3.06. The van der Waals surface area contributed by atoms with Gasteiger partial charge < -0.3 is 24.8 Å². The number of aromatic nitrogens is 4. The first-order chi connectivity index (χ1) is 15.9. The summed E-state index contributed by atoms with van der Waals surface area (Å²) in [6.45, 7) is -0.533. The molecule has 11 nitrogen and oxygen atoms in total. The van der Waals surface area contributed by atoms with E-state index in [4.69, 9.17) is 14.2 Å². The van der Waals surface area contributed by atoms with E-state index in [9.17, 15) is 18.4 Å². The SMILES string of the molecule is O=C(NC12CC(C1)C2)O[C@H]1CO[C@@H](c2cc(NC(=O)c3cc(COCC(F)F)[nH]n3)n[nH]2)C1. The average molecular weight is 466 g/mol. The third kappa shape index (κ3) is 4.83. The van der Waals surface area contributed by atoms with Gasteiger partial charge in [-0.25, -0.2) is 13.6 Å². The molecule has 13 heteroatoms. The van der Waals surface area contributed by atoms with Crippen LogP contribution in [0.1, 0.15) is 53.7 Å². The molecule has 0 aromatic carbocycles. The average Bonchev–Trinajstić information content (AvgIpc) is 3.44. The Bertz CT molecular complexity index is 1010. The van der Waals surface area contributed by atoms with Crippen LogP contribution in [0.3, 0.4) is 0 Å². The number of alkyl carbamates (subject to hydrolysis) is 1. The van der Waals surface area contributed by atoms with Crippen molar-refractivity contribution in [2.24, 2.45) is 5.92 Å². The molecule has 178 valence electrons. The van der Waals surface area contributed by atoms with E-state index < -0.39 is 25.0 Å². The Morgan fingerprint density at radius 3 is 2.79 bits per heavy atom. The number of hydrogen-bond acceptors (Lipinski definition) is 7. The van der Waals surface area contributed by atoms with Gasteiger partial charge >= 0.3 is 6.09 Å². The molecule has 2 atom stereocenters. The summed E-state index contributed by atoms with van der Waals surface area (Å²) in [5, 5.41) is 18.9. The van der Waals surface area contributed by atoms with Gasteiger partial charge in [-0.1, -0.05) is 0 Å². The molecule has 2 aromatic heterocycles. The van der Waals surface area contributed by atoms with E-state index in [0.717, 1.165) is 25.2 Å². The van der Waals surface area contributed by atoms with Crippen molar-refractivity contribution in [2.75, 3.05) is 18.5 Å². The Morgan fingerprint density at radius 1 is 1.24 bits per heavy atom. The van der Waals surface area contributed by atoms with Crippen molar-refractivity contribution < 1.29 is 32.6 Å². The van der Waals surface area contributed by atoms with Crippen LogP contribution in [0.15, 0.2) is 12.1 Å². The minimum atomic E-state index is -2.56. The van der Waals surface area contributed by atoms with Gasteiger partial charge in [-0.2, -0.15) is 10.2 Å². The maximum absolute atomic E-state index is 12.4. The Labute approximate surface area is 186 Å². The van der Waals surface area contributed by atoms with Crippen molar-refractivity contribution in [2.45, 2.75) is 56.5 Å². The fourth-order valence-electron chi connectivity index (χ4n) is 4.48. The lowest BCUT2D eigenvalue weighted by Crippen LogP contribution is -2.68. The van der Waals surface area contributed by atoms with Crippen LogP contribution < -0.4 is 10.6 Å². The molecular weight excluding hydrogens is 442 g/mol. The maximum Gasteiger partial charge on any atom is 0.407 e. The molecule has 0 radical (unpaired) electrons. The topological polar surface area (TPSA) is 143 Å². The monoisotopic (exact) mass is 466 g/mol. The quantitative estimate of drug-likeness (QED) is 0.444. The van der Waals surface area contributed by atoms with Gasteiger partial charge in [-0.05, 0) is 31.2 Å². The van der Waals surface area contributed by atoms with Crippen molar-refractivity contribution >= 4 is 17.8 Å². The number of hydrogen-bond donors (Lipinski definition) is 4. The second-order valence-electron chi connectivity index (χ2n) is 8.82. The number of nitrogens with one attached hydrogen (secondary N) is 4. The second-order valence-corrected chi connectivity index (χ2v) is 8.82. The molecule has 1 saturated heterocycles. The molecule has 1 aliphatic heterocycles. The second kappa shape index (κ2) is 8.71. The minimum Gasteiger partial charge on any atom is -0.444 e. The van der Waals surface area contributed by atoms with Crippen molar-refractivity contribution in [3.8, 4) is 0 Å². The first-order valence-electron chi connectivity index (χ1n) is 10.7. The van der Waals surface area contributed by atoms with Gasteiger partial charge in [0.05, 0.1) is 24.6 Å². The standard InChI is InChI=1S/C20H24F2N6O5/c21-16(22)9-31-7-11-1-14(27-25-11)18(29)23-17-3-13(26-28-17)15-2-12(8-32-15)33-19(30)24-20-4-10(5-20)6-20/h1,3,10,12,15-16H,2,4-9H2,(H,24,30)(H,25,27)(H2,23,26,28,29)/t10?,12-,15-,20?/m1/s1. The molecule has 0 unspecified atom stereocenters. The summed E-state index contributed by atoms with van der Waals surface area (Å²) in [5.74, 6) is 0.507. The highest BCUT2D eigenvalue weighted by molar-refractivity contribution is 6.02. The molecule has 6 rings (SSSR count). The number of ether oxygens (including phenoxy) is 3. The molecule has 2 aromatic rings. The van der Waals surface area contributed by atoms with E-state index in [2.05, 4.69) is 31.0 Å². The van der Waals surface area contributed by atoms with Gasteiger partial charge in [-0.3, -0.25) is 15.0 Å². The number of carbonyl (C=O) groups is 2. The first kappa shape index (κ1) is 21.8. The minimum absolute atomic E-state index is 0.0367. The van der Waals surface area contributed by atoms with E-state index >= 15 is 0 Å². The largest absolute Gasteiger partial charge is 0.444 e. The van der Waals surface area contributed by atoms with Crippen LogP contribution in [0, 0.1) is 5.92 Å². The molecular formula is C20H24F2N6O5. The third-order valence-corrected chi connectivity index (χ3v) is 6.19. The lowest BCUT2D eigenvalue weighted by Gasteiger charge is -2.61. The van der Waals surface area contributed by atoms with E-state index in [1.807, 2.05) is 0 Å². The molecule has 4 fully saturated rings. The summed E-state index contributed by atoms with van der Waals surface area (Å²) in [7, 11) is 0. The summed E-state index contributed by atoms with van der Waals surface area (Å²) in [6.07, 6.45) is -0.0804. The fraction of sp³-hybridized carbons (Fsp3) is 0.600. The van der Waals surface area contributed by atoms with Crippen LogP contribution in [0.5, 0.6) is 0 Å². The van der Waals surface area contributed by atoms with Gasteiger partial charge in [0, 0.05) is 18.0 Å². The highest BCUT2D eigenvalue weighted by atomic mass is 19.3. The van der Waals surface area contributed by atoms with Gasteiger partial charge in [-0.15, -0.1) is 0 Å². The fourth-order valence-corrected chi connectivity index (χ4v) is 4.48. The third-order valence-electron chi connectivity index (χ3n) is 6.19. The van der Waals surface area contributed by atoms with E-state index in [1.165, 1.54) is 6.07 Å². The van der Waals surface area contributed by atoms with Crippen molar-refractivity contribution in [1.82, 2.24) is 25.7 Å². The number of anilines is 1. The summed E-state index contributed by atoms with van der Waals surface area (Å²) in [5.41, 5.74) is 1.06. The molecule has 33 heavy (non-hydrogen) atoms. The van der Waals surface area contributed by atoms with Crippen molar-refractivity contribution in [1.29, 1.82) is 0 Å². The van der Waals surface area contributed by atoms with Crippen LogP contribution in [-0.2, 0) is 20.8 Å². The zero-order valence-electron chi connectivity index (χ0n) is 17.6. The Kier molecular flexibility index (Phi) is 5.74. The van der Waals surface area contributed by atoms with Crippen LogP contribution >= 0.6 is 0 Å². The molecule has 3 saturated carbocycles. The Morgan fingerprint density at radius 2 is 2.06 bits per heavy atom. The molecule has 3 heterocycles. The summed E-state index contributed by atoms with van der Waals surface area (Å²) >= 11 is 0. The van der Waals surface area contributed by atoms with Gasteiger partial charge in [0.1, 0.15) is 18.8 Å². The normalized spacial score (nSPS) is 27.7. The number of H-pyrrole nitrogens is 2. The van der Waals surface area contributed by atoms with Crippen LogP contribution in [0.25, 0.3) is 0 Å². The lowest BCUT2D eigenvalue weighted by molar-refractivity contribution is -0.0510. The maximum atomic E-state index is 12.4. The lowest BCUT2D eigenvalue weighted by atomic mass is 9.50. The smallest absolute Gasteiger partial charge is 0.407 e. The zero-order chi connectivity index (χ0) is 23.0. The highest BCUT2D eigenvalue weighted by Crippen LogP contribution is 2.56. The van der Waals surface area contributed by atoms with E-state index in [0.29, 0.717) is 17.8 Å². The predicted octanol–water partition coefficient (Wildman–Crippen LogP) is 2.28. The van der Waals surface area contributed by atoms with Crippen LogP contribution in [0.4, 0.5) is 19.4 Å². The number of amides is 2. The summed E-state index contributed by atoms with van der Waals surface area (Å²) in [4.78, 5) is 24.5. The van der Waals surface area contributed by atoms with Crippen molar-refractivity contribution in [3.63, 3.8) is 0 Å². The number of aromatic amines is 2. The van der Waals surface area contributed by atoms with E-state index in [-0.39, 0.29) is 42.5 Å². The first-order valence-corrected chi connectivity index (χ1v) is 10.7. The number of carbonyl (C=O) groups excluding carboxylic acids is 2. The number of nitrogens with zero attached hydrogens (tertiary/aromatic N) is 2. The molecule has 3 aliphatic carbocycles. The molecule has 4 N–H and O–H groups in total. The Balaban J connectivity index is 1.08. The summed E-state index contributed by atoms with van der Waals surface area (Å²) in [6, 6.07) is 3.04. The van der Waals surface area contributed by atoms with Gasteiger partial charge in [0.15, 0.2) is 11.5 Å². The van der Waals surface area contributed by atoms with Crippen LogP contribution in [-0.4, -0.2) is 63.7 Å². The number of alkyl halides is 2. The van der Waals surface area contributed by atoms with E-state index in [1.54, 1.807) is 6.07 Å². The number of halogens is 2.